The van der Waals surface area contributed by atoms with Crippen molar-refractivity contribution in [2.45, 2.75) is 57.7 Å². The lowest BCUT2D eigenvalue weighted by molar-refractivity contribution is 0.256. The molecule has 1 aromatic carbocycles. The average molecular weight is 345 g/mol. The minimum Gasteiger partial charge on any atom is -0.493 e. The first-order valence-corrected chi connectivity index (χ1v) is 9.58. The third-order valence-corrected chi connectivity index (χ3v) is 5.17. The SMILES string of the molecule is CN=C(NCCCOc1ccccc1C)NC1CC(C)N(C2CC2)C1. The minimum absolute atomic E-state index is 0.505. The van der Waals surface area contributed by atoms with E-state index >= 15 is 0 Å². The smallest absolute Gasteiger partial charge is 0.191 e. The van der Waals surface area contributed by atoms with E-state index in [2.05, 4.69) is 40.4 Å². The zero-order valence-corrected chi connectivity index (χ0v) is 15.8. The van der Waals surface area contributed by atoms with Crippen molar-refractivity contribution in [2.75, 3.05) is 26.7 Å². The van der Waals surface area contributed by atoms with Crippen LogP contribution in [0.5, 0.6) is 5.75 Å². The molecule has 1 saturated carbocycles. The van der Waals surface area contributed by atoms with Gasteiger partial charge in [-0.2, -0.15) is 0 Å². The molecule has 0 spiro atoms. The Labute approximate surface area is 151 Å². The predicted molar refractivity (Wildman–Crippen MR) is 103 cm³/mol. The number of para-hydroxylation sites is 1. The Balaban J connectivity index is 1.33. The van der Waals surface area contributed by atoms with E-state index in [9.17, 15) is 0 Å². The number of nitrogens with one attached hydrogen (secondary N) is 2. The quantitative estimate of drug-likeness (QED) is 0.453. The van der Waals surface area contributed by atoms with Crippen molar-refractivity contribution in [1.29, 1.82) is 0 Å². The van der Waals surface area contributed by atoms with E-state index in [4.69, 9.17) is 4.74 Å². The molecule has 2 N–H and O–H groups in total. The molecule has 2 fully saturated rings. The van der Waals surface area contributed by atoms with Gasteiger partial charge in [-0.05, 0) is 51.2 Å². The molecule has 5 nitrogen and oxygen atoms in total. The van der Waals surface area contributed by atoms with Crippen molar-refractivity contribution < 1.29 is 4.74 Å². The van der Waals surface area contributed by atoms with E-state index in [1.165, 1.54) is 24.8 Å². The normalized spacial score (nSPS) is 24.4. The fraction of sp³-hybridized carbons (Fsp3) is 0.650. The molecule has 1 aliphatic carbocycles. The molecule has 1 heterocycles. The lowest BCUT2D eigenvalue weighted by Gasteiger charge is -2.20. The summed E-state index contributed by atoms with van der Waals surface area (Å²) in [4.78, 5) is 7.02. The van der Waals surface area contributed by atoms with Crippen molar-refractivity contribution in [3.63, 3.8) is 0 Å². The molecule has 1 aromatic rings. The summed E-state index contributed by atoms with van der Waals surface area (Å²) in [5.41, 5.74) is 1.18. The Kier molecular flexibility index (Phi) is 6.19. The lowest BCUT2D eigenvalue weighted by Crippen LogP contribution is -2.45. The number of hydrogen-bond acceptors (Lipinski definition) is 3. The third kappa shape index (κ3) is 5.11. The minimum atomic E-state index is 0.505. The monoisotopic (exact) mass is 344 g/mol. The largest absolute Gasteiger partial charge is 0.493 e. The molecule has 138 valence electrons. The summed E-state index contributed by atoms with van der Waals surface area (Å²) in [6, 6.07) is 10.2. The first-order valence-electron chi connectivity index (χ1n) is 9.58. The highest BCUT2D eigenvalue weighted by molar-refractivity contribution is 5.80. The van der Waals surface area contributed by atoms with E-state index in [-0.39, 0.29) is 0 Å². The van der Waals surface area contributed by atoms with Crippen LogP contribution in [0.1, 0.15) is 38.2 Å². The zero-order valence-electron chi connectivity index (χ0n) is 15.8. The van der Waals surface area contributed by atoms with Crippen LogP contribution in [0.4, 0.5) is 0 Å². The molecule has 0 bridgehead atoms. The molecule has 1 aliphatic heterocycles. The molecule has 2 atom stereocenters. The number of nitrogens with zero attached hydrogens (tertiary/aromatic N) is 2. The standard InChI is InChI=1S/C20H32N4O/c1-15-7-4-5-8-19(15)25-12-6-11-22-20(21-3)23-17-13-16(2)24(14-17)18-9-10-18/h4-5,7-8,16-18H,6,9-14H2,1-3H3,(H2,21,22,23). The van der Waals surface area contributed by atoms with E-state index in [0.717, 1.165) is 37.3 Å². The van der Waals surface area contributed by atoms with Crippen LogP contribution >= 0.6 is 0 Å². The number of hydrogen-bond donors (Lipinski definition) is 2. The molecule has 0 radical (unpaired) electrons. The van der Waals surface area contributed by atoms with Gasteiger partial charge in [-0.1, -0.05) is 18.2 Å². The molecule has 0 aromatic heterocycles. The predicted octanol–water partition coefficient (Wildman–Crippen LogP) is 2.55. The summed E-state index contributed by atoms with van der Waals surface area (Å²) in [5, 5.41) is 6.99. The highest BCUT2D eigenvalue weighted by atomic mass is 16.5. The first kappa shape index (κ1) is 18.1. The number of ether oxygens (including phenoxy) is 1. The topological polar surface area (TPSA) is 48.9 Å². The van der Waals surface area contributed by atoms with Crippen molar-refractivity contribution in [2.24, 2.45) is 4.99 Å². The summed E-state index contributed by atoms with van der Waals surface area (Å²) in [6.07, 6.45) is 4.91. The Morgan fingerprint density at radius 1 is 1.32 bits per heavy atom. The molecule has 2 unspecified atom stereocenters. The van der Waals surface area contributed by atoms with Gasteiger partial charge >= 0.3 is 0 Å². The number of rotatable bonds is 7. The zero-order chi connectivity index (χ0) is 17.6. The Morgan fingerprint density at radius 3 is 2.84 bits per heavy atom. The number of aliphatic imine (C=N–C) groups is 1. The highest BCUT2D eigenvalue weighted by Crippen LogP contribution is 2.33. The fourth-order valence-corrected chi connectivity index (χ4v) is 3.64. The molecule has 5 heteroatoms. The van der Waals surface area contributed by atoms with Gasteiger partial charge in [-0.15, -0.1) is 0 Å². The third-order valence-electron chi connectivity index (χ3n) is 5.17. The van der Waals surface area contributed by atoms with Gasteiger partial charge in [-0.3, -0.25) is 9.89 Å². The van der Waals surface area contributed by atoms with Crippen LogP contribution in [0.25, 0.3) is 0 Å². The van der Waals surface area contributed by atoms with E-state index < -0.39 is 0 Å². The highest BCUT2D eigenvalue weighted by Gasteiger charge is 2.38. The van der Waals surface area contributed by atoms with Gasteiger partial charge in [-0.25, -0.2) is 0 Å². The second-order valence-electron chi connectivity index (χ2n) is 7.32. The van der Waals surface area contributed by atoms with Gasteiger partial charge in [0, 0.05) is 38.3 Å². The van der Waals surface area contributed by atoms with Gasteiger partial charge < -0.3 is 15.4 Å². The van der Waals surface area contributed by atoms with Crippen LogP contribution in [0, 0.1) is 6.92 Å². The van der Waals surface area contributed by atoms with Gasteiger partial charge in [0.1, 0.15) is 5.75 Å². The van der Waals surface area contributed by atoms with Gasteiger partial charge in [0.05, 0.1) is 6.61 Å². The van der Waals surface area contributed by atoms with Crippen LogP contribution in [0.3, 0.4) is 0 Å². The van der Waals surface area contributed by atoms with Crippen molar-refractivity contribution in [1.82, 2.24) is 15.5 Å². The van der Waals surface area contributed by atoms with Crippen LogP contribution in [-0.4, -0.2) is 55.7 Å². The molecule has 0 amide bonds. The number of benzene rings is 1. The van der Waals surface area contributed by atoms with Gasteiger partial charge in [0.2, 0.25) is 0 Å². The van der Waals surface area contributed by atoms with Crippen molar-refractivity contribution in [3.8, 4) is 5.75 Å². The van der Waals surface area contributed by atoms with Crippen LogP contribution in [-0.2, 0) is 0 Å². The Morgan fingerprint density at radius 2 is 2.12 bits per heavy atom. The summed E-state index contributed by atoms with van der Waals surface area (Å²) >= 11 is 0. The molecular weight excluding hydrogens is 312 g/mol. The number of aryl methyl sites for hydroxylation is 1. The maximum atomic E-state index is 5.84. The summed E-state index contributed by atoms with van der Waals surface area (Å²) in [6.45, 7) is 7.14. The second kappa shape index (κ2) is 8.56. The second-order valence-corrected chi connectivity index (χ2v) is 7.32. The van der Waals surface area contributed by atoms with Crippen LogP contribution < -0.4 is 15.4 Å². The maximum Gasteiger partial charge on any atom is 0.191 e. The molecule has 25 heavy (non-hydrogen) atoms. The fourth-order valence-electron chi connectivity index (χ4n) is 3.64. The average Bonchev–Trinajstić information content (AvgIpc) is 3.38. The lowest BCUT2D eigenvalue weighted by atomic mass is 10.2. The summed E-state index contributed by atoms with van der Waals surface area (Å²) in [7, 11) is 1.84. The van der Waals surface area contributed by atoms with E-state index in [0.29, 0.717) is 18.7 Å². The summed E-state index contributed by atoms with van der Waals surface area (Å²) < 4.78 is 5.84. The van der Waals surface area contributed by atoms with Crippen molar-refractivity contribution >= 4 is 5.96 Å². The Hall–Kier alpha value is -1.75. The van der Waals surface area contributed by atoms with Gasteiger partial charge in [0.15, 0.2) is 5.96 Å². The maximum absolute atomic E-state index is 5.84. The molecular formula is C20H32N4O. The molecule has 3 rings (SSSR count). The van der Waals surface area contributed by atoms with Gasteiger partial charge in [0.25, 0.3) is 0 Å². The molecule has 2 aliphatic rings. The number of guanidine groups is 1. The number of likely N-dealkylation sites (tertiary alicyclic amines) is 1. The van der Waals surface area contributed by atoms with Crippen molar-refractivity contribution in [3.05, 3.63) is 29.8 Å². The van der Waals surface area contributed by atoms with E-state index in [1.807, 2.05) is 25.2 Å². The van der Waals surface area contributed by atoms with E-state index in [1.54, 1.807) is 0 Å². The Bertz CT molecular complexity index is 585. The summed E-state index contributed by atoms with van der Waals surface area (Å²) in [5.74, 6) is 1.89. The first-order chi connectivity index (χ1) is 12.2. The molecule has 1 saturated heterocycles. The van der Waals surface area contributed by atoms with Crippen LogP contribution in [0.15, 0.2) is 29.3 Å². The van der Waals surface area contributed by atoms with Crippen LogP contribution in [0.2, 0.25) is 0 Å².